The minimum Gasteiger partial charge on any atom is -0.362 e. The van der Waals surface area contributed by atoms with Crippen molar-refractivity contribution in [1.29, 1.82) is 0 Å². The summed E-state index contributed by atoms with van der Waals surface area (Å²) in [6.07, 6.45) is 5.40. The Kier molecular flexibility index (Phi) is 3.83. The first kappa shape index (κ1) is 12.3. The Morgan fingerprint density at radius 3 is 2.50 bits per heavy atom. The zero-order chi connectivity index (χ0) is 11.6. The highest BCUT2D eigenvalue weighted by molar-refractivity contribution is 8.13. The molecule has 2 rings (SSSR count). The second kappa shape index (κ2) is 4.99. The van der Waals surface area contributed by atoms with Crippen molar-refractivity contribution in [2.75, 3.05) is 12.3 Å². The molecule has 3 heteroatoms. The van der Waals surface area contributed by atoms with E-state index >= 15 is 0 Å². The lowest BCUT2D eigenvalue weighted by Gasteiger charge is -2.32. The van der Waals surface area contributed by atoms with Crippen LogP contribution in [-0.2, 0) is 0 Å². The topological polar surface area (TPSA) is 24.4 Å². The lowest BCUT2D eigenvalue weighted by molar-refractivity contribution is 0.331. The van der Waals surface area contributed by atoms with Crippen LogP contribution in [0.5, 0.6) is 0 Å². The van der Waals surface area contributed by atoms with Crippen LogP contribution in [0.25, 0.3) is 0 Å². The molecule has 2 aliphatic rings. The number of rotatable bonds is 1. The van der Waals surface area contributed by atoms with Crippen LogP contribution in [0, 0.1) is 11.3 Å². The van der Waals surface area contributed by atoms with Gasteiger partial charge in [0.25, 0.3) is 0 Å². The first-order valence-corrected chi connectivity index (χ1v) is 7.47. The SMILES string of the molecule is CC1CCC(NC2=NCC(C)(C)CS2)CC1. The van der Waals surface area contributed by atoms with Gasteiger partial charge >= 0.3 is 0 Å². The average Bonchev–Trinajstić information content (AvgIpc) is 2.24. The molecule has 0 aromatic carbocycles. The maximum absolute atomic E-state index is 4.66. The smallest absolute Gasteiger partial charge is 0.156 e. The summed E-state index contributed by atoms with van der Waals surface area (Å²) in [6, 6.07) is 0.684. The number of hydrogen-bond donors (Lipinski definition) is 1. The molecule has 0 radical (unpaired) electrons. The molecule has 1 heterocycles. The van der Waals surface area contributed by atoms with Crippen LogP contribution in [0.4, 0.5) is 0 Å². The zero-order valence-corrected chi connectivity index (χ0v) is 11.6. The van der Waals surface area contributed by atoms with Crippen molar-refractivity contribution in [2.24, 2.45) is 16.3 Å². The quantitative estimate of drug-likeness (QED) is 0.760. The van der Waals surface area contributed by atoms with Crippen molar-refractivity contribution in [3.63, 3.8) is 0 Å². The van der Waals surface area contributed by atoms with Gasteiger partial charge in [0.2, 0.25) is 0 Å². The average molecular weight is 240 g/mol. The van der Waals surface area contributed by atoms with Crippen LogP contribution in [0.15, 0.2) is 4.99 Å². The predicted molar refractivity (Wildman–Crippen MR) is 73.1 cm³/mol. The van der Waals surface area contributed by atoms with Crippen LogP contribution in [0.2, 0.25) is 0 Å². The van der Waals surface area contributed by atoms with Crippen LogP contribution in [0.1, 0.15) is 46.5 Å². The highest BCUT2D eigenvalue weighted by Gasteiger charge is 2.25. The van der Waals surface area contributed by atoms with Crippen molar-refractivity contribution in [2.45, 2.75) is 52.5 Å². The molecule has 1 fully saturated rings. The molecule has 0 spiro atoms. The highest BCUT2D eigenvalue weighted by atomic mass is 32.2. The lowest BCUT2D eigenvalue weighted by Crippen LogP contribution is -2.39. The molecule has 1 saturated carbocycles. The number of nitrogens with one attached hydrogen (secondary N) is 1. The normalized spacial score (nSPS) is 34.3. The van der Waals surface area contributed by atoms with Gasteiger partial charge in [0, 0.05) is 18.3 Å². The molecule has 1 aliphatic carbocycles. The van der Waals surface area contributed by atoms with Crippen molar-refractivity contribution in [1.82, 2.24) is 5.32 Å². The Hall–Kier alpha value is -0.180. The Bertz CT molecular complexity index is 265. The molecule has 0 amide bonds. The van der Waals surface area contributed by atoms with E-state index in [4.69, 9.17) is 0 Å². The number of nitrogens with zero attached hydrogens (tertiary/aromatic N) is 1. The van der Waals surface area contributed by atoms with Crippen molar-refractivity contribution in [3.8, 4) is 0 Å². The molecule has 0 bridgehead atoms. The van der Waals surface area contributed by atoms with E-state index in [2.05, 4.69) is 31.1 Å². The van der Waals surface area contributed by atoms with E-state index < -0.39 is 0 Å². The molecule has 1 N–H and O–H groups in total. The summed E-state index contributed by atoms with van der Waals surface area (Å²) in [4.78, 5) is 4.66. The third kappa shape index (κ3) is 3.41. The fourth-order valence-electron chi connectivity index (χ4n) is 2.31. The molecule has 92 valence electrons. The molecular formula is C13H24N2S. The van der Waals surface area contributed by atoms with Gasteiger partial charge in [0.15, 0.2) is 5.17 Å². The summed E-state index contributed by atoms with van der Waals surface area (Å²) in [7, 11) is 0. The number of hydrogen-bond acceptors (Lipinski definition) is 3. The predicted octanol–water partition coefficient (Wildman–Crippen LogP) is 3.28. The van der Waals surface area contributed by atoms with E-state index in [9.17, 15) is 0 Å². The Morgan fingerprint density at radius 1 is 1.25 bits per heavy atom. The Morgan fingerprint density at radius 2 is 1.94 bits per heavy atom. The van der Waals surface area contributed by atoms with E-state index in [1.165, 1.54) is 36.6 Å². The van der Waals surface area contributed by atoms with E-state index in [0.29, 0.717) is 11.5 Å². The largest absolute Gasteiger partial charge is 0.362 e. The Balaban J connectivity index is 1.80. The van der Waals surface area contributed by atoms with Crippen molar-refractivity contribution >= 4 is 16.9 Å². The molecule has 0 saturated heterocycles. The third-order valence-corrected chi connectivity index (χ3v) is 5.04. The van der Waals surface area contributed by atoms with Gasteiger partial charge in [-0.05, 0) is 37.0 Å². The summed E-state index contributed by atoms with van der Waals surface area (Å²) in [6.45, 7) is 7.93. The minimum atomic E-state index is 0.386. The van der Waals surface area contributed by atoms with E-state index in [1.807, 2.05) is 11.8 Å². The van der Waals surface area contributed by atoms with Crippen LogP contribution < -0.4 is 5.32 Å². The fraction of sp³-hybridized carbons (Fsp3) is 0.923. The van der Waals surface area contributed by atoms with Crippen LogP contribution in [-0.4, -0.2) is 23.5 Å². The summed E-state index contributed by atoms with van der Waals surface area (Å²) in [5.74, 6) is 2.13. The summed E-state index contributed by atoms with van der Waals surface area (Å²) in [5, 5.41) is 4.82. The summed E-state index contributed by atoms with van der Waals surface area (Å²) >= 11 is 1.90. The molecule has 0 aromatic heterocycles. The van der Waals surface area contributed by atoms with Gasteiger partial charge in [-0.3, -0.25) is 4.99 Å². The van der Waals surface area contributed by atoms with E-state index in [0.717, 1.165) is 12.5 Å². The second-order valence-electron chi connectivity index (χ2n) is 6.18. The maximum Gasteiger partial charge on any atom is 0.156 e. The van der Waals surface area contributed by atoms with Crippen molar-refractivity contribution < 1.29 is 0 Å². The van der Waals surface area contributed by atoms with E-state index in [-0.39, 0.29) is 0 Å². The van der Waals surface area contributed by atoms with Crippen LogP contribution >= 0.6 is 11.8 Å². The third-order valence-electron chi connectivity index (χ3n) is 3.59. The first-order chi connectivity index (χ1) is 7.55. The van der Waals surface area contributed by atoms with Gasteiger partial charge in [-0.25, -0.2) is 0 Å². The molecule has 0 unspecified atom stereocenters. The molecule has 0 aromatic rings. The number of aliphatic imine (C=N–C) groups is 1. The summed E-state index contributed by atoms with van der Waals surface area (Å²) in [5.41, 5.74) is 0.386. The summed E-state index contributed by atoms with van der Waals surface area (Å²) < 4.78 is 0. The molecule has 0 atom stereocenters. The lowest BCUT2D eigenvalue weighted by atomic mass is 9.87. The minimum absolute atomic E-state index is 0.386. The second-order valence-corrected chi connectivity index (χ2v) is 7.14. The van der Waals surface area contributed by atoms with Gasteiger partial charge in [-0.2, -0.15) is 0 Å². The monoisotopic (exact) mass is 240 g/mol. The van der Waals surface area contributed by atoms with Gasteiger partial charge in [-0.15, -0.1) is 0 Å². The fourth-order valence-corrected chi connectivity index (χ4v) is 3.33. The molecular weight excluding hydrogens is 216 g/mol. The van der Waals surface area contributed by atoms with Gasteiger partial charge in [-0.1, -0.05) is 32.5 Å². The Labute approximate surface area is 104 Å². The molecule has 2 nitrogen and oxygen atoms in total. The number of thioether (sulfide) groups is 1. The van der Waals surface area contributed by atoms with Crippen molar-refractivity contribution in [3.05, 3.63) is 0 Å². The molecule has 1 aliphatic heterocycles. The maximum atomic E-state index is 4.66. The van der Waals surface area contributed by atoms with Gasteiger partial charge in [0.1, 0.15) is 0 Å². The zero-order valence-electron chi connectivity index (χ0n) is 10.8. The number of amidine groups is 1. The van der Waals surface area contributed by atoms with Gasteiger partial charge < -0.3 is 5.32 Å². The standard InChI is InChI=1S/C13H24N2S/c1-10-4-6-11(7-5-10)15-12-14-8-13(2,3)9-16-12/h10-11H,4-9H2,1-3H3,(H,14,15). The first-order valence-electron chi connectivity index (χ1n) is 6.49. The van der Waals surface area contributed by atoms with E-state index in [1.54, 1.807) is 0 Å². The molecule has 16 heavy (non-hydrogen) atoms. The van der Waals surface area contributed by atoms with Gasteiger partial charge in [0.05, 0.1) is 0 Å². The van der Waals surface area contributed by atoms with Crippen LogP contribution in [0.3, 0.4) is 0 Å². The highest BCUT2D eigenvalue weighted by Crippen LogP contribution is 2.29.